The average molecular weight is 519 g/mol. The molecule has 6 nitrogen and oxygen atoms in total. The van der Waals surface area contributed by atoms with Crippen LogP contribution in [0.5, 0.6) is 0 Å². The zero-order chi connectivity index (χ0) is 25.2. The summed E-state index contributed by atoms with van der Waals surface area (Å²) >= 11 is 11.7. The van der Waals surface area contributed by atoms with E-state index in [-0.39, 0.29) is 6.54 Å². The van der Waals surface area contributed by atoms with Crippen LogP contribution in [-0.2, 0) is 19.3 Å². The van der Waals surface area contributed by atoms with Crippen molar-refractivity contribution >= 4 is 40.3 Å². The van der Waals surface area contributed by atoms with E-state index in [4.69, 9.17) is 23.8 Å². The predicted octanol–water partition coefficient (Wildman–Crippen LogP) is 6.27. The number of benzene rings is 2. The Bertz CT molecular complexity index is 1360. The molecule has 11 heteroatoms. The molecule has 0 spiro atoms. The highest BCUT2D eigenvalue weighted by atomic mass is 35.5. The zero-order valence-electron chi connectivity index (χ0n) is 18.9. The number of hydrogen-bond donors (Lipinski definition) is 2. The second kappa shape index (κ2) is 10.1. The van der Waals surface area contributed by atoms with E-state index in [1.165, 1.54) is 6.07 Å². The number of hydrogen-bond acceptors (Lipinski definition) is 3. The van der Waals surface area contributed by atoms with Gasteiger partial charge in [0.25, 0.3) is 0 Å². The first kappa shape index (κ1) is 24.7. The molecule has 0 radical (unpaired) electrons. The number of rotatable bonds is 6. The highest BCUT2D eigenvalue weighted by molar-refractivity contribution is 7.80. The van der Waals surface area contributed by atoms with Gasteiger partial charge in [-0.05, 0) is 55.4 Å². The van der Waals surface area contributed by atoms with Gasteiger partial charge in [-0.25, -0.2) is 0 Å². The maximum Gasteiger partial charge on any atom is 0.416 e. The minimum atomic E-state index is -4.39. The van der Waals surface area contributed by atoms with Crippen molar-refractivity contribution in [3.63, 3.8) is 0 Å². The molecule has 0 saturated heterocycles. The van der Waals surface area contributed by atoms with Crippen molar-refractivity contribution in [3.05, 3.63) is 94.0 Å². The van der Waals surface area contributed by atoms with E-state index in [9.17, 15) is 13.2 Å². The van der Waals surface area contributed by atoms with Crippen LogP contribution in [-0.4, -0.2) is 24.7 Å². The van der Waals surface area contributed by atoms with Crippen LogP contribution in [0.25, 0.3) is 0 Å². The Hall–Kier alpha value is -3.37. The van der Waals surface area contributed by atoms with Crippen LogP contribution in [0.15, 0.2) is 60.9 Å². The predicted molar refractivity (Wildman–Crippen MR) is 135 cm³/mol. The lowest BCUT2D eigenvalue weighted by Gasteiger charge is -2.11. The maximum atomic E-state index is 13.0. The van der Waals surface area contributed by atoms with E-state index in [0.29, 0.717) is 39.3 Å². The molecule has 0 bridgehead atoms. The first-order chi connectivity index (χ1) is 16.6. The molecule has 0 saturated carbocycles. The van der Waals surface area contributed by atoms with Gasteiger partial charge < -0.3 is 10.6 Å². The molecule has 0 amide bonds. The lowest BCUT2D eigenvalue weighted by Crippen LogP contribution is -2.19. The summed E-state index contributed by atoms with van der Waals surface area (Å²) < 4.78 is 42.5. The molecule has 4 aromatic rings. The molecule has 0 atom stereocenters. The third kappa shape index (κ3) is 6.01. The van der Waals surface area contributed by atoms with Gasteiger partial charge in [-0.3, -0.25) is 9.36 Å². The Morgan fingerprint density at radius 2 is 1.83 bits per heavy atom. The van der Waals surface area contributed by atoms with E-state index < -0.39 is 11.7 Å². The number of aromatic nitrogens is 4. The van der Waals surface area contributed by atoms with Gasteiger partial charge in [0.2, 0.25) is 0 Å². The first-order valence-electron chi connectivity index (χ1n) is 10.6. The second-order valence-electron chi connectivity index (χ2n) is 8.00. The summed E-state index contributed by atoms with van der Waals surface area (Å²) in [4.78, 5) is 0. The lowest BCUT2D eigenvalue weighted by atomic mass is 10.1. The monoisotopic (exact) mass is 518 g/mol. The van der Waals surface area contributed by atoms with E-state index >= 15 is 0 Å². The molecule has 4 rings (SSSR count). The number of nitrogens with zero attached hydrogens (tertiary/aromatic N) is 4. The molecule has 0 aliphatic heterocycles. The van der Waals surface area contributed by atoms with Gasteiger partial charge in [0.05, 0.1) is 47.6 Å². The summed E-state index contributed by atoms with van der Waals surface area (Å²) in [6.45, 7) is 4.36. The third-order valence-corrected chi connectivity index (χ3v) is 5.96. The molecule has 0 unspecified atom stereocenters. The van der Waals surface area contributed by atoms with Crippen molar-refractivity contribution < 1.29 is 13.2 Å². The van der Waals surface area contributed by atoms with Crippen molar-refractivity contribution in [2.75, 3.05) is 10.6 Å². The van der Waals surface area contributed by atoms with Crippen LogP contribution in [0.3, 0.4) is 0 Å². The van der Waals surface area contributed by atoms with Crippen LogP contribution in [0, 0.1) is 13.8 Å². The van der Waals surface area contributed by atoms with E-state index in [1.54, 1.807) is 21.6 Å². The first-order valence-corrected chi connectivity index (χ1v) is 11.4. The van der Waals surface area contributed by atoms with Crippen molar-refractivity contribution in [3.8, 4) is 0 Å². The zero-order valence-corrected chi connectivity index (χ0v) is 20.5. The lowest BCUT2D eigenvalue weighted by molar-refractivity contribution is -0.137. The topological polar surface area (TPSA) is 59.7 Å². The quantitative estimate of drug-likeness (QED) is 0.294. The van der Waals surface area contributed by atoms with Gasteiger partial charge in [-0.15, -0.1) is 0 Å². The van der Waals surface area contributed by atoms with Crippen molar-refractivity contribution in [2.45, 2.75) is 33.1 Å². The van der Waals surface area contributed by atoms with Gasteiger partial charge in [0.15, 0.2) is 5.11 Å². The Kier molecular flexibility index (Phi) is 7.13. The summed E-state index contributed by atoms with van der Waals surface area (Å²) in [5, 5.41) is 16.0. The molecular weight excluding hydrogens is 497 g/mol. The number of thiocarbonyl (C=S) groups is 1. The second-order valence-corrected chi connectivity index (χ2v) is 8.81. The Balaban J connectivity index is 1.42. The fraction of sp³-hybridized carbons (Fsp3) is 0.208. The molecule has 182 valence electrons. The number of aryl methyl sites for hydroxylation is 1. The molecular formula is C24H22ClF3N6S. The molecule has 2 N–H and O–H groups in total. The van der Waals surface area contributed by atoms with Crippen LogP contribution in [0.2, 0.25) is 5.02 Å². The molecule has 2 aromatic carbocycles. The third-order valence-electron chi connectivity index (χ3n) is 5.39. The number of anilines is 2. The minimum Gasteiger partial charge on any atom is -0.330 e. The fourth-order valence-corrected chi connectivity index (χ4v) is 4.06. The SMILES string of the molecule is Cc1nn(Cc2cccc(C(F)(F)F)c2)c(C)c1NC(=S)Nc1cnn(Cc2ccccc2Cl)c1. The molecule has 0 aliphatic carbocycles. The fourth-order valence-electron chi connectivity index (χ4n) is 3.64. The van der Waals surface area contributed by atoms with Crippen LogP contribution >= 0.6 is 23.8 Å². The molecule has 0 aliphatic rings. The summed E-state index contributed by atoms with van der Waals surface area (Å²) in [7, 11) is 0. The molecule has 0 fully saturated rings. The number of halogens is 4. The summed E-state index contributed by atoms with van der Waals surface area (Å²) in [6.07, 6.45) is -0.924. The average Bonchev–Trinajstić information content (AvgIpc) is 3.34. The van der Waals surface area contributed by atoms with Crippen LogP contribution < -0.4 is 10.6 Å². The summed E-state index contributed by atoms with van der Waals surface area (Å²) in [5.74, 6) is 0. The van der Waals surface area contributed by atoms with Gasteiger partial charge >= 0.3 is 6.18 Å². The van der Waals surface area contributed by atoms with Crippen molar-refractivity contribution in [1.29, 1.82) is 0 Å². The molecule has 35 heavy (non-hydrogen) atoms. The largest absolute Gasteiger partial charge is 0.416 e. The smallest absolute Gasteiger partial charge is 0.330 e. The summed E-state index contributed by atoms with van der Waals surface area (Å²) in [6, 6.07) is 12.8. The molecule has 2 aromatic heterocycles. The van der Waals surface area contributed by atoms with E-state index in [1.807, 2.05) is 44.3 Å². The van der Waals surface area contributed by atoms with Crippen LogP contribution in [0.4, 0.5) is 24.5 Å². The van der Waals surface area contributed by atoms with Gasteiger partial charge in [0.1, 0.15) is 0 Å². The van der Waals surface area contributed by atoms with Gasteiger partial charge in [-0.1, -0.05) is 41.9 Å². The number of alkyl halides is 3. The Morgan fingerprint density at radius 3 is 2.57 bits per heavy atom. The van der Waals surface area contributed by atoms with Crippen molar-refractivity contribution in [1.82, 2.24) is 19.6 Å². The van der Waals surface area contributed by atoms with Gasteiger partial charge in [-0.2, -0.15) is 23.4 Å². The van der Waals surface area contributed by atoms with Gasteiger partial charge in [0, 0.05) is 11.2 Å². The van der Waals surface area contributed by atoms with E-state index in [2.05, 4.69) is 20.8 Å². The standard InChI is InChI=1S/C24H22ClF3N6S/c1-15-22(16(2)34(32-15)12-17-6-5-8-19(10-17)24(26,27)28)31-23(35)30-20-11-29-33(14-20)13-18-7-3-4-9-21(18)25/h3-11,14H,12-13H2,1-2H3,(H2,30,31,35). The Morgan fingerprint density at radius 1 is 1.06 bits per heavy atom. The summed E-state index contributed by atoms with van der Waals surface area (Å²) in [5.41, 5.74) is 3.58. The minimum absolute atomic E-state index is 0.202. The Labute approximate surface area is 210 Å². The number of nitrogens with one attached hydrogen (secondary N) is 2. The normalized spacial score (nSPS) is 11.5. The van der Waals surface area contributed by atoms with Crippen LogP contribution in [0.1, 0.15) is 28.1 Å². The highest BCUT2D eigenvalue weighted by Crippen LogP contribution is 2.30. The van der Waals surface area contributed by atoms with Crippen molar-refractivity contribution in [2.24, 2.45) is 0 Å². The van der Waals surface area contributed by atoms with E-state index in [0.717, 1.165) is 23.4 Å². The highest BCUT2D eigenvalue weighted by Gasteiger charge is 2.30. The molecule has 2 heterocycles. The maximum absolute atomic E-state index is 13.0.